The molecule has 1 heterocycles. The van der Waals surface area contributed by atoms with Gasteiger partial charge in [0.2, 0.25) is 5.91 Å². The van der Waals surface area contributed by atoms with Gasteiger partial charge in [0, 0.05) is 6.42 Å². The molecule has 1 aliphatic rings. The van der Waals surface area contributed by atoms with Gasteiger partial charge in [0.25, 0.3) is 0 Å². The van der Waals surface area contributed by atoms with Crippen molar-refractivity contribution in [3.63, 3.8) is 0 Å². The van der Waals surface area contributed by atoms with Gasteiger partial charge in [0.1, 0.15) is 19.0 Å². The Balaban J connectivity index is 1.12. The van der Waals surface area contributed by atoms with E-state index < -0.39 is 6.09 Å². The van der Waals surface area contributed by atoms with E-state index in [0.717, 1.165) is 49.0 Å². The molecule has 35 heavy (non-hydrogen) atoms. The second kappa shape index (κ2) is 12.7. The summed E-state index contributed by atoms with van der Waals surface area (Å²) in [5, 5.41) is 0. The number of carbonyl (C=O) groups excluding carboxylic acids is 2. The molecule has 0 bridgehead atoms. The van der Waals surface area contributed by atoms with Crippen molar-refractivity contribution < 1.29 is 19.1 Å². The number of nitrogens with zero attached hydrogens (tertiary/aromatic N) is 1. The van der Waals surface area contributed by atoms with Crippen molar-refractivity contribution in [2.45, 2.75) is 57.6 Å². The highest BCUT2D eigenvalue weighted by Crippen LogP contribution is 2.20. The Labute approximate surface area is 207 Å². The van der Waals surface area contributed by atoms with Gasteiger partial charge >= 0.3 is 6.09 Å². The first-order valence-corrected chi connectivity index (χ1v) is 12.5. The van der Waals surface area contributed by atoms with Crippen LogP contribution in [0, 0.1) is 0 Å². The largest absolute Gasteiger partial charge is 0.489 e. The van der Waals surface area contributed by atoms with Crippen LogP contribution in [0.2, 0.25) is 0 Å². The molecule has 3 aromatic rings. The minimum absolute atomic E-state index is 0.125. The van der Waals surface area contributed by atoms with Gasteiger partial charge in [-0.1, -0.05) is 85.6 Å². The number of aryl methyl sites for hydroxylation is 1. The number of amides is 2. The van der Waals surface area contributed by atoms with E-state index in [9.17, 15) is 9.59 Å². The first kappa shape index (κ1) is 24.5. The molecule has 1 fully saturated rings. The maximum absolute atomic E-state index is 12.7. The zero-order chi connectivity index (χ0) is 24.3. The van der Waals surface area contributed by atoms with Gasteiger partial charge in [-0.05, 0) is 54.5 Å². The number of unbranched alkanes of at least 4 members (excludes halogenated alkanes) is 3. The van der Waals surface area contributed by atoms with Gasteiger partial charge in [0.15, 0.2) is 0 Å². The van der Waals surface area contributed by atoms with Crippen molar-refractivity contribution in [3.05, 3.63) is 102 Å². The number of hydrogen-bond acceptors (Lipinski definition) is 4. The Morgan fingerprint density at radius 1 is 0.800 bits per heavy atom. The van der Waals surface area contributed by atoms with Crippen molar-refractivity contribution >= 4 is 12.0 Å². The second-order valence-electron chi connectivity index (χ2n) is 9.02. The normalized spacial score (nSPS) is 15.1. The molecule has 0 radical (unpaired) electrons. The summed E-state index contributed by atoms with van der Waals surface area (Å²) in [7, 11) is 0. The highest BCUT2D eigenvalue weighted by atomic mass is 16.6. The quantitative estimate of drug-likeness (QED) is 0.289. The zero-order valence-electron chi connectivity index (χ0n) is 20.1. The van der Waals surface area contributed by atoms with Crippen LogP contribution in [0.5, 0.6) is 5.75 Å². The van der Waals surface area contributed by atoms with E-state index in [1.807, 2.05) is 60.7 Å². The Bertz CT molecular complexity index is 1070. The Morgan fingerprint density at radius 3 is 2.17 bits per heavy atom. The van der Waals surface area contributed by atoms with Gasteiger partial charge in [-0.25, -0.2) is 9.69 Å². The third-order valence-corrected chi connectivity index (χ3v) is 6.32. The minimum atomic E-state index is -0.507. The Morgan fingerprint density at radius 2 is 1.46 bits per heavy atom. The lowest BCUT2D eigenvalue weighted by Crippen LogP contribution is -2.40. The number of ether oxygens (including phenoxy) is 2. The second-order valence-corrected chi connectivity index (χ2v) is 9.02. The van der Waals surface area contributed by atoms with Gasteiger partial charge < -0.3 is 9.47 Å². The average molecular weight is 472 g/mol. The summed E-state index contributed by atoms with van der Waals surface area (Å²) in [4.78, 5) is 26.1. The highest BCUT2D eigenvalue weighted by Gasteiger charge is 2.37. The zero-order valence-corrected chi connectivity index (χ0v) is 20.1. The molecule has 4 rings (SSSR count). The van der Waals surface area contributed by atoms with Crippen molar-refractivity contribution in [1.29, 1.82) is 0 Å². The molecule has 0 unspecified atom stereocenters. The maximum atomic E-state index is 12.7. The number of carbonyl (C=O) groups is 2. The lowest BCUT2D eigenvalue weighted by atomic mass is 10.0. The van der Waals surface area contributed by atoms with E-state index in [0.29, 0.717) is 19.4 Å². The molecule has 0 spiro atoms. The maximum Gasteiger partial charge on any atom is 0.416 e. The SMILES string of the molecule is O=C(CCCCCCc1ccc(OCc2ccccc2)cc1)N1C(=O)OC[C@@H]1Cc1ccccc1. The molecule has 1 aliphatic heterocycles. The van der Waals surface area contributed by atoms with Crippen LogP contribution >= 0.6 is 0 Å². The lowest BCUT2D eigenvalue weighted by molar-refractivity contribution is -0.129. The average Bonchev–Trinajstić information content (AvgIpc) is 3.26. The van der Waals surface area contributed by atoms with Crippen LogP contribution in [0.4, 0.5) is 4.79 Å². The minimum Gasteiger partial charge on any atom is -0.489 e. The van der Waals surface area contributed by atoms with Crippen LogP contribution in [0.25, 0.3) is 0 Å². The van der Waals surface area contributed by atoms with Gasteiger partial charge in [0.05, 0.1) is 6.04 Å². The monoisotopic (exact) mass is 471 g/mol. The van der Waals surface area contributed by atoms with E-state index in [4.69, 9.17) is 9.47 Å². The summed E-state index contributed by atoms with van der Waals surface area (Å²) in [5.74, 6) is 0.752. The van der Waals surface area contributed by atoms with E-state index in [-0.39, 0.29) is 18.6 Å². The summed E-state index contributed by atoms with van der Waals surface area (Å²) in [6.45, 7) is 0.844. The summed E-state index contributed by atoms with van der Waals surface area (Å²) >= 11 is 0. The molecule has 0 saturated carbocycles. The van der Waals surface area contributed by atoms with Crippen molar-refractivity contribution in [2.24, 2.45) is 0 Å². The van der Waals surface area contributed by atoms with Crippen LogP contribution in [0.15, 0.2) is 84.9 Å². The number of imide groups is 1. The first-order valence-electron chi connectivity index (χ1n) is 12.5. The van der Waals surface area contributed by atoms with E-state index in [1.165, 1.54) is 10.5 Å². The van der Waals surface area contributed by atoms with Crippen molar-refractivity contribution in [2.75, 3.05) is 6.61 Å². The van der Waals surface area contributed by atoms with Gasteiger partial charge in [-0.2, -0.15) is 0 Å². The van der Waals surface area contributed by atoms with Crippen molar-refractivity contribution in [1.82, 2.24) is 4.90 Å². The molecule has 182 valence electrons. The summed E-state index contributed by atoms with van der Waals surface area (Å²) < 4.78 is 11.0. The van der Waals surface area contributed by atoms with Gasteiger partial charge in [-0.15, -0.1) is 0 Å². The smallest absolute Gasteiger partial charge is 0.416 e. The molecule has 0 N–H and O–H groups in total. The fourth-order valence-electron chi connectivity index (χ4n) is 4.38. The summed E-state index contributed by atoms with van der Waals surface area (Å²) in [5.41, 5.74) is 3.55. The van der Waals surface area contributed by atoms with Crippen LogP contribution in [0.1, 0.15) is 48.8 Å². The highest BCUT2D eigenvalue weighted by molar-refractivity contribution is 5.93. The number of cyclic esters (lactones) is 1. The standard InChI is InChI=1S/C30H33NO4/c32-29(31-27(23-35-30(31)33)21-25-12-6-3-7-13-25)16-10-2-1-5-11-24-17-19-28(20-18-24)34-22-26-14-8-4-9-15-26/h3-4,6-9,12-15,17-20,27H,1-2,5,10-11,16,21-23H2/t27-/m0/s1. The molecule has 3 aromatic carbocycles. The molecule has 2 amide bonds. The number of hydrogen-bond donors (Lipinski definition) is 0. The fourth-order valence-corrected chi connectivity index (χ4v) is 4.38. The molecule has 1 saturated heterocycles. The van der Waals surface area contributed by atoms with Crippen molar-refractivity contribution in [3.8, 4) is 5.75 Å². The van der Waals surface area contributed by atoms with Crippen LogP contribution in [0.3, 0.4) is 0 Å². The summed E-state index contributed by atoms with van der Waals surface area (Å²) in [6.07, 6.45) is 5.39. The number of rotatable bonds is 12. The molecule has 0 aliphatic carbocycles. The molecular formula is C30H33NO4. The Hall–Kier alpha value is -3.60. The van der Waals surface area contributed by atoms with Crippen LogP contribution in [-0.2, 0) is 29.0 Å². The van der Waals surface area contributed by atoms with Crippen LogP contribution in [-0.4, -0.2) is 29.5 Å². The fraction of sp³-hybridized carbons (Fsp3) is 0.333. The molecule has 1 atom stereocenters. The topological polar surface area (TPSA) is 55.8 Å². The van der Waals surface area contributed by atoms with E-state index >= 15 is 0 Å². The first-order chi connectivity index (χ1) is 17.2. The van der Waals surface area contributed by atoms with Crippen LogP contribution < -0.4 is 4.74 Å². The lowest BCUT2D eigenvalue weighted by Gasteiger charge is -2.19. The molecule has 5 nitrogen and oxygen atoms in total. The summed E-state index contributed by atoms with van der Waals surface area (Å²) in [6, 6.07) is 28.1. The molecule has 5 heteroatoms. The third-order valence-electron chi connectivity index (χ3n) is 6.32. The third kappa shape index (κ3) is 7.44. The predicted octanol–water partition coefficient (Wildman–Crippen LogP) is 6.35. The van der Waals surface area contributed by atoms with E-state index in [2.05, 4.69) is 24.3 Å². The predicted molar refractivity (Wildman–Crippen MR) is 136 cm³/mol. The van der Waals surface area contributed by atoms with Gasteiger partial charge in [-0.3, -0.25) is 4.79 Å². The Kier molecular flexibility index (Phi) is 8.93. The number of benzene rings is 3. The van der Waals surface area contributed by atoms with E-state index in [1.54, 1.807) is 0 Å². The molecular weight excluding hydrogens is 438 g/mol. The molecule has 0 aromatic heterocycles.